The van der Waals surface area contributed by atoms with E-state index in [4.69, 9.17) is 4.74 Å². The molecular weight excluding hydrogens is 296 g/mol. The Morgan fingerprint density at radius 2 is 2.08 bits per heavy atom. The summed E-state index contributed by atoms with van der Waals surface area (Å²) in [4.78, 5) is 0. The number of ether oxygens (including phenoxy) is 1. The molecule has 0 radical (unpaired) electrons. The Morgan fingerprint density at radius 1 is 1.38 bits per heavy atom. The average Bonchev–Trinajstić information content (AvgIpc) is 2.03. The molecule has 1 nitrogen and oxygen atoms in total. The minimum absolute atomic E-state index is 0.224. The minimum Gasteiger partial charge on any atom is -0.491 e. The standard InChI is InChI=1S/C10H12Br2O/c1-7(2)13-9-4-3-8(6-11)10(12)5-9/h3-5,7H,6H2,1-2H3. The van der Waals surface area contributed by atoms with Crippen LogP contribution in [0.2, 0.25) is 0 Å². The van der Waals surface area contributed by atoms with Crippen LogP contribution in [0.4, 0.5) is 0 Å². The van der Waals surface area contributed by atoms with Crippen LogP contribution in [0.25, 0.3) is 0 Å². The van der Waals surface area contributed by atoms with Crippen molar-refractivity contribution < 1.29 is 4.74 Å². The molecule has 0 aromatic heterocycles. The first-order chi connectivity index (χ1) is 6.13. The van der Waals surface area contributed by atoms with Crippen LogP contribution in [0.5, 0.6) is 5.75 Å². The fourth-order valence-electron chi connectivity index (χ4n) is 0.982. The summed E-state index contributed by atoms with van der Waals surface area (Å²) < 4.78 is 6.63. The SMILES string of the molecule is CC(C)Oc1ccc(CBr)c(Br)c1. The molecule has 0 aliphatic carbocycles. The van der Waals surface area contributed by atoms with Gasteiger partial charge in [0.15, 0.2) is 0 Å². The molecule has 0 aliphatic rings. The third kappa shape index (κ3) is 3.31. The number of alkyl halides is 1. The van der Waals surface area contributed by atoms with Gasteiger partial charge in [-0.2, -0.15) is 0 Å². The van der Waals surface area contributed by atoms with Crippen molar-refractivity contribution in [1.29, 1.82) is 0 Å². The van der Waals surface area contributed by atoms with E-state index in [0.29, 0.717) is 0 Å². The van der Waals surface area contributed by atoms with Crippen LogP contribution in [0.3, 0.4) is 0 Å². The van der Waals surface area contributed by atoms with Gasteiger partial charge in [0.1, 0.15) is 5.75 Å². The quantitative estimate of drug-likeness (QED) is 0.763. The molecule has 1 rings (SSSR count). The van der Waals surface area contributed by atoms with Crippen LogP contribution in [-0.4, -0.2) is 6.10 Å². The molecule has 1 aromatic carbocycles. The van der Waals surface area contributed by atoms with Crippen LogP contribution in [0.15, 0.2) is 22.7 Å². The van der Waals surface area contributed by atoms with E-state index in [2.05, 4.69) is 37.9 Å². The zero-order valence-electron chi connectivity index (χ0n) is 7.68. The van der Waals surface area contributed by atoms with E-state index in [1.807, 2.05) is 26.0 Å². The van der Waals surface area contributed by atoms with Crippen molar-refractivity contribution in [2.45, 2.75) is 25.3 Å². The van der Waals surface area contributed by atoms with Crippen LogP contribution < -0.4 is 4.74 Å². The Balaban J connectivity index is 2.83. The van der Waals surface area contributed by atoms with Crippen molar-refractivity contribution in [2.75, 3.05) is 0 Å². The smallest absolute Gasteiger partial charge is 0.120 e. The highest BCUT2D eigenvalue weighted by atomic mass is 79.9. The van der Waals surface area contributed by atoms with Crippen LogP contribution in [0, 0.1) is 0 Å². The zero-order valence-corrected chi connectivity index (χ0v) is 10.9. The summed E-state index contributed by atoms with van der Waals surface area (Å²) in [5, 5.41) is 0.857. The van der Waals surface area contributed by atoms with E-state index < -0.39 is 0 Å². The number of rotatable bonds is 3. The molecule has 0 N–H and O–H groups in total. The van der Waals surface area contributed by atoms with Gasteiger partial charge in [0.25, 0.3) is 0 Å². The molecule has 0 atom stereocenters. The van der Waals surface area contributed by atoms with Crippen molar-refractivity contribution in [3.63, 3.8) is 0 Å². The van der Waals surface area contributed by atoms with Gasteiger partial charge in [-0.05, 0) is 31.5 Å². The summed E-state index contributed by atoms with van der Waals surface area (Å²) in [5.74, 6) is 0.909. The molecule has 0 heterocycles. The number of halogens is 2. The molecule has 0 saturated heterocycles. The van der Waals surface area contributed by atoms with Crippen molar-refractivity contribution in [3.8, 4) is 5.75 Å². The molecule has 0 spiro atoms. The monoisotopic (exact) mass is 306 g/mol. The summed E-state index contributed by atoms with van der Waals surface area (Å²) in [6, 6.07) is 6.04. The van der Waals surface area contributed by atoms with Crippen molar-refractivity contribution in [1.82, 2.24) is 0 Å². The van der Waals surface area contributed by atoms with Gasteiger partial charge >= 0.3 is 0 Å². The Kier molecular flexibility index (Phi) is 4.26. The Hall–Kier alpha value is -0.0200. The van der Waals surface area contributed by atoms with E-state index in [0.717, 1.165) is 15.6 Å². The zero-order chi connectivity index (χ0) is 9.84. The van der Waals surface area contributed by atoms with Gasteiger partial charge in [-0.25, -0.2) is 0 Å². The van der Waals surface area contributed by atoms with Crippen LogP contribution >= 0.6 is 31.9 Å². The molecule has 3 heteroatoms. The maximum atomic E-state index is 5.55. The first kappa shape index (κ1) is 11.1. The molecule has 0 unspecified atom stereocenters. The van der Waals surface area contributed by atoms with E-state index >= 15 is 0 Å². The topological polar surface area (TPSA) is 9.23 Å². The molecule has 0 fully saturated rings. The second-order valence-electron chi connectivity index (χ2n) is 3.05. The fraction of sp³-hybridized carbons (Fsp3) is 0.400. The van der Waals surface area contributed by atoms with Crippen LogP contribution in [-0.2, 0) is 5.33 Å². The number of benzene rings is 1. The first-order valence-electron chi connectivity index (χ1n) is 4.14. The molecule has 0 saturated carbocycles. The molecule has 72 valence electrons. The van der Waals surface area contributed by atoms with Gasteiger partial charge in [-0.3, -0.25) is 0 Å². The van der Waals surface area contributed by atoms with Gasteiger partial charge in [0.05, 0.1) is 6.10 Å². The van der Waals surface area contributed by atoms with Gasteiger partial charge < -0.3 is 4.74 Å². The summed E-state index contributed by atoms with van der Waals surface area (Å²) in [6.07, 6.45) is 0.224. The van der Waals surface area contributed by atoms with Crippen molar-refractivity contribution >= 4 is 31.9 Å². The third-order valence-electron chi connectivity index (χ3n) is 1.54. The molecule has 13 heavy (non-hydrogen) atoms. The van der Waals surface area contributed by atoms with E-state index in [1.165, 1.54) is 5.56 Å². The average molecular weight is 308 g/mol. The normalized spacial score (nSPS) is 10.5. The second kappa shape index (κ2) is 5.01. The van der Waals surface area contributed by atoms with Gasteiger partial charge in [-0.15, -0.1) is 0 Å². The lowest BCUT2D eigenvalue weighted by Crippen LogP contribution is -2.05. The minimum atomic E-state index is 0.224. The first-order valence-corrected chi connectivity index (χ1v) is 6.06. The molecule has 0 bridgehead atoms. The molecule has 0 aliphatic heterocycles. The highest BCUT2D eigenvalue weighted by Gasteiger charge is 2.02. The largest absolute Gasteiger partial charge is 0.491 e. The maximum absolute atomic E-state index is 5.55. The predicted molar refractivity (Wildman–Crippen MR) is 62.5 cm³/mol. The van der Waals surface area contributed by atoms with Gasteiger partial charge in [0.2, 0.25) is 0 Å². The summed E-state index contributed by atoms with van der Waals surface area (Å²) >= 11 is 6.90. The number of hydrogen-bond acceptors (Lipinski definition) is 1. The van der Waals surface area contributed by atoms with E-state index in [-0.39, 0.29) is 6.10 Å². The second-order valence-corrected chi connectivity index (χ2v) is 4.47. The summed E-state index contributed by atoms with van der Waals surface area (Å²) in [7, 11) is 0. The Bertz CT molecular complexity index is 284. The lowest BCUT2D eigenvalue weighted by molar-refractivity contribution is 0.242. The van der Waals surface area contributed by atoms with Crippen molar-refractivity contribution in [2.24, 2.45) is 0 Å². The predicted octanol–water partition coefficient (Wildman–Crippen LogP) is 4.13. The summed E-state index contributed by atoms with van der Waals surface area (Å²) in [5.41, 5.74) is 1.23. The Labute approximate surface area is 95.7 Å². The fourth-order valence-corrected chi connectivity index (χ4v) is 2.35. The van der Waals surface area contributed by atoms with E-state index in [9.17, 15) is 0 Å². The molecule has 0 amide bonds. The maximum Gasteiger partial charge on any atom is 0.120 e. The highest BCUT2D eigenvalue weighted by Crippen LogP contribution is 2.25. The summed E-state index contributed by atoms with van der Waals surface area (Å²) in [6.45, 7) is 4.04. The lowest BCUT2D eigenvalue weighted by atomic mass is 10.2. The van der Waals surface area contributed by atoms with Crippen LogP contribution in [0.1, 0.15) is 19.4 Å². The third-order valence-corrected chi connectivity index (χ3v) is 2.88. The van der Waals surface area contributed by atoms with E-state index in [1.54, 1.807) is 0 Å². The van der Waals surface area contributed by atoms with Gasteiger partial charge in [-0.1, -0.05) is 37.9 Å². The molecular formula is C10H12Br2O. The number of hydrogen-bond donors (Lipinski definition) is 0. The van der Waals surface area contributed by atoms with Gasteiger partial charge in [0, 0.05) is 9.80 Å². The lowest BCUT2D eigenvalue weighted by Gasteiger charge is -2.10. The molecule has 1 aromatic rings. The van der Waals surface area contributed by atoms with Crippen molar-refractivity contribution in [3.05, 3.63) is 28.2 Å². The Morgan fingerprint density at radius 3 is 2.54 bits per heavy atom. The highest BCUT2D eigenvalue weighted by molar-refractivity contribution is 9.10.